The third-order valence-corrected chi connectivity index (χ3v) is 4.71. The van der Waals surface area contributed by atoms with Gasteiger partial charge in [-0.3, -0.25) is 4.90 Å². The third-order valence-electron chi connectivity index (χ3n) is 4.24. The maximum absolute atomic E-state index is 5.62. The summed E-state index contributed by atoms with van der Waals surface area (Å²) in [5.74, 6) is 0.827. The lowest BCUT2D eigenvalue weighted by molar-refractivity contribution is 0.280. The van der Waals surface area contributed by atoms with Gasteiger partial charge < -0.3 is 14.1 Å². The van der Waals surface area contributed by atoms with Gasteiger partial charge in [-0.2, -0.15) is 0 Å². The molecule has 0 radical (unpaired) electrons. The Morgan fingerprint density at radius 3 is 3.04 bits per heavy atom. The van der Waals surface area contributed by atoms with Crippen LogP contribution in [-0.2, 0) is 6.54 Å². The van der Waals surface area contributed by atoms with Gasteiger partial charge in [0.2, 0.25) is 0 Å². The van der Waals surface area contributed by atoms with Crippen LogP contribution in [0.5, 0.6) is 0 Å². The van der Waals surface area contributed by atoms with Crippen molar-refractivity contribution >= 4 is 21.6 Å². The Morgan fingerprint density at radius 1 is 1.22 bits per heavy atom. The highest BCUT2D eigenvalue weighted by Crippen LogP contribution is 2.27. The highest BCUT2D eigenvalue weighted by atomic mass is 79.9. The first-order valence-electron chi connectivity index (χ1n) is 7.95. The molecule has 1 saturated heterocycles. The number of hydrogen-bond acceptors (Lipinski definition) is 4. The van der Waals surface area contributed by atoms with Gasteiger partial charge in [0.15, 0.2) is 5.76 Å². The molecule has 6 heteroatoms. The maximum Gasteiger partial charge on any atom is 0.154 e. The monoisotopic (exact) mass is 374 g/mol. The molecule has 23 heavy (non-hydrogen) atoms. The molecule has 0 saturated carbocycles. The zero-order valence-corrected chi connectivity index (χ0v) is 14.4. The molecule has 5 nitrogen and oxygen atoms in total. The number of nitrogens with zero attached hydrogens (tertiary/aromatic N) is 3. The summed E-state index contributed by atoms with van der Waals surface area (Å²) >= 11 is 3.57. The fraction of sp³-hybridized carbons (Fsp3) is 0.353. The summed E-state index contributed by atoms with van der Waals surface area (Å²) in [4.78, 5) is 7.27. The fourth-order valence-corrected chi connectivity index (χ4v) is 3.44. The van der Waals surface area contributed by atoms with Crippen molar-refractivity contribution in [1.82, 2.24) is 19.6 Å². The van der Waals surface area contributed by atoms with Crippen molar-refractivity contribution in [2.45, 2.75) is 13.0 Å². The van der Waals surface area contributed by atoms with E-state index in [4.69, 9.17) is 9.40 Å². The van der Waals surface area contributed by atoms with E-state index in [1.165, 1.54) is 12.1 Å². The molecule has 120 valence electrons. The number of furan rings is 1. The molecule has 1 aliphatic heterocycles. The summed E-state index contributed by atoms with van der Waals surface area (Å²) in [6.45, 7) is 5.16. The SMILES string of the molecule is Brc1ccc2nc(-c3ccco3)c(CN3CCCNCC3)n2c1. The summed E-state index contributed by atoms with van der Waals surface area (Å²) in [6, 6.07) is 7.94. The van der Waals surface area contributed by atoms with Crippen molar-refractivity contribution in [3.8, 4) is 11.5 Å². The van der Waals surface area contributed by atoms with Crippen molar-refractivity contribution < 1.29 is 4.42 Å². The van der Waals surface area contributed by atoms with E-state index >= 15 is 0 Å². The largest absolute Gasteiger partial charge is 0.463 e. The highest BCUT2D eigenvalue weighted by Gasteiger charge is 2.19. The molecule has 3 aromatic rings. The van der Waals surface area contributed by atoms with Crippen LogP contribution >= 0.6 is 15.9 Å². The van der Waals surface area contributed by atoms with E-state index in [9.17, 15) is 0 Å². The molecule has 1 N–H and O–H groups in total. The molecule has 1 aliphatic rings. The first-order valence-corrected chi connectivity index (χ1v) is 8.74. The van der Waals surface area contributed by atoms with Crippen molar-refractivity contribution in [1.29, 1.82) is 0 Å². The Balaban J connectivity index is 1.78. The van der Waals surface area contributed by atoms with Gasteiger partial charge in [-0.1, -0.05) is 0 Å². The van der Waals surface area contributed by atoms with Gasteiger partial charge >= 0.3 is 0 Å². The van der Waals surface area contributed by atoms with Gasteiger partial charge in [-0.25, -0.2) is 4.98 Å². The van der Waals surface area contributed by atoms with Crippen LogP contribution < -0.4 is 5.32 Å². The Kier molecular flexibility index (Phi) is 4.20. The van der Waals surface area contributed by atoms with Crippen LogP contribution in [0.1, 0.15) is 12.1 Å². The number of rotatable bonds is 3. The topological polar surface area (TPSA) is 45.7 Å². The summed E-state index contributed by atoms with van der Waals surface area (Å²) in [6.07, 6.45) is 4.96. The highest BCUT2D eigenvalue weighted by molar-refractivity contribution is 9.10. The van der Waals surface area contributed by atoms with Crippen LogP contribution in [0.15, 0.2) is 45.6 Å². The van der Waals surface area contributed by atoms with Crippen molar-refractivity contribution in [2.24, 2.45) is 0 Å². The Morgan fingerprint density at radius 2 is 2.17 bits per heavy atom. The molecule has 4 heterocycles. The maximum atomic E-state index is 5.62. The van der Waals surface area contributed by atoms with Gasteiger partial charge in [0.25, 0.3) is 0 Å². The third kappa shape index (κ3) is 3.06. The fourth-order valence-electron chi connectivity index (χ4n) is 3.10. The average molecular weight is 375 g/mol. The van der Waals surface area contributed by atoms with Crippen LogP contribution in [0, 0.1) is 0 Å². The Hall–Kier alpha value is -1.63. The first-order chi connectivity index (χ1) is 11.3. The molecule has 0 atom stereocenters. The number of fused-ring (bicyclic) bond motifs is 1. The van der Waals surface area contributed by atoms with E-state index in [1.807, 2.05) is 24.3 Å². The minimum absolute atomic E-state index is 0.827. The van der Waals surface area contributed by atoms with Crippen molar-refractivity contribution in [3.05, 3.63) is 46.9 Å². The second-order valence-electron chi connectivity index (χ2n) is 5.84. The summed E-state index contributed by atoms with van der Waals surface area (Å²) in [7, 11) is 0. The molecule has 0 amide bonds. The lowest BCUT2D eigenvalue weighted by Gasteiger charge is -2.19. The van der Waals surface area contributed by atoms with Gasteiger partial charge in [0.05, 0.1) is 12.0 Å². The molecule has 0 aliphatic carbocycles. The van der Waals surface area contributed by atoms with Crippen LogP contribution in [0.4, 0.5) is 0 Å². The molecule has 0 spiro atoms. The molecular formula is C17H19BrN4O. The second-order valence-corrected chi connectivity index (χ2v) is 6.76. The number of halogens is 1. The van der Waals surface area contributed by atoms with Gasteiger partial charge in [-0.05, 0) is 59.7 Å². The lowest BCUT2D eigenvalue weighted by atomic mass is 10.2. The van der Waals surface area contributed by atoms with Crippen LogP contribution in [0.2, 0.25) is 0 Å². The Labute approximate surface area is 143 Å². The quantitative estimate of drug-likeness (QED) is 0.764. The van der Waals surface area contributed by atoms with Crippen molar-refractivity contribution in [3.63, 3.8) is 0 Å². The second kappa shape index (κ2) is 6.47. The molecule has 3 aromatic heterocycles. The average Bonchev–Trinajstić information content (AvgIpc) is 3.10. The minimum Gasteiger partial charge on any atom is -0.463 e. The van der Waals surface area contributed by atoms with Gasteiger partial charge in [0.1, 0.15) is 11.3 Å². The summed E-state index contributed by atoms with van der Waals surface area (Å²) < 4.78 is 8.83. The van der Waals surface area contributed by atoms with Gasteiger partial charge in [0, 0.05) is 30.3 Å². The summed E-state index contributed by atoms with van der Waals surface area (Å²) in [5, 5.41) is 3.46. The van der Waals surface area contributed by atoms with E-state index in [2.05, 4.69) is 36.7 Å². The number of pyridine rings is 1. The van der Waals surface area contributed by atoms with E-state index in [0.717, 1.165) is 54.3 Å². The minimum atomic E-state index is 0.827. The first kappa shape index (κ1) is 14.9. The van der Waals surface area contributed by atoms with E-state index < -0.39 is 0 Å². The van der Waals surface area contributed by atoms with E-state index in [0.29, 0.717) is 0 Å². The molecule has 1 fully saturated rings. The molecule has 0 unspecified atom stereocenters. The molecular weight excluding hydrogens is 356 g/mol. The lowest BCUT2D eigenvalue weighted by Crippen LogP contribution is -2.28. The van der Waals surface area contributed by atoms with Gasteiger partial charge in [-0.15, -0.1) is 0 Å². The number of hydrogen-bond donors (Lipinski definition) is 1. The normalized spacial score (nSPS) is 16.7. The number of imidazole rings is 1. The molecule has 0 bridgehead atoms. The zero-order chi connectivity index (χ0) is 15.6. The van der Waals surface area contributed by atoms with Crippen molar-refractivity contribution in [2.75, 3.05) is 26.2 Å². The number of aromatic nitrogens is 2. The van der Waals surface area contributed by atoms with E-state index in [1.54, 1.807) is 6.26 Å². The smallest absolute Gasteiger partial charge is 0.154 e. The predicted octanol–water partition coefficient (Wildman–Crippen LogP) is 3.15. The van der Waals surface area contributed by atoms with Crippen LogP contribution in [0.25, 0.3) is 17.1 Å². The predicted molar refractivity (Wildman–Crippen MR) is 93.4 cm³/mol. The molecule has 4 rings (SSSR count). The standard InChI is InChI=1S/C17H19BrN4O/c18-13-4-5-16-20-17(15-3-1-10-23-15)14(22(16)11-13)12-21-8-2-6-19-7-9-21/h1,3-5,10-11,19H,2,6-9,12H2. The van der Waals surface area contributed by atoms with Crippen LogP contribution in [0.3, 0.4) is 0 Å². The number of nitrogens with one attached hydrogen (secondary N) is 1. The Bertz CT molecular complexity index is 788. The van der Waals surface area contributed by atoms with Crippen LogP contribution in [-0.4, -0.2) is 40.5 Å². The summed E-state index contributed by atoms with van der Waals surface area (Å²) in [5.41, 5.74) is 3.06. The zero-order valence-electron chi connectivity index (χ0n) is 12.8. The van der Waals surface area contributed by atoms with E-state index in [-0.39, 0.29) is 0 Å². The molecule has 0 aromatic carbocycles.